The zero-order valence-electron chi connectivity index (χ0n) is 15.1. The molecule has 0 spiro atoms. The van der Waals surface area contributed by atoms with E-state index in [2.05, 4.69) is 59.1 Å². The first kappa shape index (κ1) is 21.5. The minimum Gasteiger partial charge on any atom is -0.282 e. The largest absolute Gasteiger partial charge is 0.294 e. The Bertz CT molecular complexity index is 1170. The van der Waals surface area contributed by atoms with E-state index in [1.54, 1.807) is 0 Å². The number of anilines is 1. The molecule has 3 aromatic carbocycles. The molecule has 11 heteroatoms. The summed E-state index contributed by atoms with van der Waals surface area (Å²) in [5, 5.41) is 6.38. The van der Waals surface area contributed by atoms with Crippen LogP contribution < -0.4 is 10.9 Å². The van der Waals surface area contributed by atoms with Gasteiger partial charge in [0.1, 0.15) is 0 Å². The minimum atomic E-state index is -4.39. The topological polar surface area (TPSA) is 94.0 Å². The second-order valence-electron chi connectivity index (χ2n) is 5.91. The first-order valence-corrected chi connectivity index (χ1v) is 10.2. The van der Waals surface area contributed by atoms with E-state index < -0.39 is 26.9 Å². The molecule has 0 unspecified atom stereocenters. The predicted molar refractivity (Wildman–Crippen MR) is 112 cm³/mol. The lowest BCUT2D eigenvalue weighted by Crippen LogP contribution is -2.39. The highest BCUT2D eigenvalue weighted by Gasteiger charge is 2.16. The van der Waals surface area contributed by atoms with Gasteiger partial charge in [0.05, 0.1) is 15.6 Å². The Labute approximate surface area is 176 Å². The summed E-state index contributed by atoms with van der Waals surface area (Å²) in [6.07, 6.45) is 0.529. The number of hydrogen-bond acceptors (Lipinski definition) is 6. The van der Waals surface area contributed by atoms with Gasteiger partial charge < -0.3 is 0 Å². The summed E-state index contributed by atoms with van der Waals surface area (Å²) in [6, 6.07) is 19.9. The highest BCUT2D eigenvalue weighted by Crippen LogP contribution is 2.25. The number of hydrazine groups is 2. The average Bonchev–Trinajstić information content (AvgIpc) is 2.68. The number of hydrazone groups is 1. The van der Waals surface area contributed by atoms with Crippen molar-refractivity contribution in [2.24, 2.45) is 5.10 Å². The third-order valence-corrected chi connectivity index (χ3v) is 4.94. The second-order valence-corrected chi connectivity index (χ2v) is 7.74. The van der Waals surface area contributed by atoms with E-state index in [4.69, 9.17) is 16.2 Å². The highest BCUT2D eigenvalue weighted by molar-refractivity contribution is 7.85. The van der Waals surface area contributed by atoms with Crippen LogP contribution in [0.5, 0.6) is 0 Å². The van der Waals surface area contributed by atoms with Crippen molar-refractivity contribution in [3.05, 3.63) is 83.8 Å². The predicted octanol–water partition coefficient (Wildman–Crippen LogP) is 4.67. The van der Waals surface area contributed by atoms with Crippen LogP contribution in [0.25, 0.3) is 10.8 Å². The summed E-state index contributed by atoms with van der Waals surface area (Å²) in [7, 11) is -4.39. The first-order valence-electron chi connectivity index (χ1n) is 8.38. The molecule has 3 aromatic rings. The molecule has 1 heterocycles. The van der Waals surface area contributed by atoms with Gasteiger partial charge >= 0.3 is 0 Å². The number of fused-ring (bicyclic) bond motifs is 1. The van der Waals surface area contributed by atoms with Crippen LogP contribution in [0.4, 0.5) is 14.5 Å². The molecule has 0 bridgehead atoms. The molecule has 0 atom stereocenters. The van der Waals surface area contributed by atoms with E-state index in [9.17, 15) is 17.2 Å². The monoisotopic (exact) mass is 452 g/mol. The van der Waals surface area contributed by atoms with Gasteiger partial charge in [-0.1, -0.05) is 60.1 Å². The zero-order chi connectivity index (χ0) is 21.7. The van der Waals surface area contributed by atoms with Gasteiger partial charge in [-0.05, 0) is 29.0 Å². The smallest absolute Gasteiger partial charge is 0.282 e. The Morgan fingerprint density at radius 2 is 1.57 bits per heavy atom. The van der Waals surface area contributed by atoms with E-state index in [1.807, 2.05) is 5.43 Å². The van der Waals surface area contributed by atoms with Gasteiger partial charge in [-0.15, -0.1) is 10.3 Å². The summed E-state index contributed by atoms with van der Waals surface area (Å²) >= 11 is 5.78. The number of rotatable bonds is 3. The van der Waals surface area contributed by atoms with E-state index in [0.29, 0.717) is 11.3 Å². The molecule has 3 N–H and O–H groups in total. The Balaban J connectivity index is 0.000000212. The summed E-state index contributed by atoms with van der Waals surface area (Å²) < 4.78 is 56.4. The minimum absolute atomic E-state index is 0.104. The van der Waals surface area contributed by atoms with Crippen molar-refractivity contribution in [1.82, 2.24) is 10.7 Å². The van der Waals surface area contributed by atoms with Crippen LogP contribution in [0.2, 0.25) is 5.02 Å². The van der Waals surface area contributed by atoms with Crippen LogP contribution in [0.1, 0.15) is 0 Å². The molecule has 1 aliphatic rings. The highest BCUT2D eigenvalue weighted by atomic mass is 35.5. The van der Waals surface area contributed by atoms with Crippen molar-refractivity contribution in [2.45, 2.75) is 4.90 Å². The normalized spacial score (nSPS) is 13.5. The van der Waals surface area contributed by atoms with Crippen LogP contribution in [0.3, 0.4) is 0 Å². The maximum absolute atomic E-state index is 12.9. The molecule has 0 aromatic heterocycles. The second kappa shape index (κ2) is 9.08. The van der Waals surface area contributed by atoms with Crippen LogP contribution in [-0.2, 0) is 10.1 Å². The number of nitrogens with zero attached hydrogens (tertiary/aromatic N) is 2. The van der Waals surface area contributed by atoms with Crippen molar-refractivity contribution >= 4 is 44.1 Å². The van der Waals surface area contributed by atoms with Gasteiger partial charge in [0.2, 0.25) is 11.9 Å². The third kappa shape index (κ3) is 5.66. The Morgan fingerprint density at radius 3 is 2.03 bits per heavy atom. The maximum Gasteiger partial charge on any atom is 0.294 e. The average molecular weight is 453 g/mol. The molecule has 0 saturated carbocycles. The third-order valence-electron chi connectivity index (χ3n) is 3.78. The molecule has 1 aliphatic heterocycles. The number of hydrogen-bond donors (Lipinski definition) is 3. The molecule has 0 aliphatic carbocycles. The summed E-state index contributed by atoms with van der Waals surface area (Å²) in [4.78, 5) is -0.416. The number of nitrogens with one attached hydrogen (secondary N) is 2. The molecule has 0 amide bonds. The summed E-state index contributed by atoms with van der Waals surface area (Å²) in [5.41, 5.74) is 4.53. The fourth-order valence-electron chi connectivity index (χ4n) is 2.43. The molecule has 0 fully saturated rings. The number of benzene rings is 3. The molecule has 0 radical (unpaired) electrons. The van der Waals surface area contributed by atoms with Crippen molar-refractivity contribution < 1.29 is 21.8 Å². The standard InChI is InChI=1S/C10H8.C9H7ClF2N4O3S/c1-2-6-10-8-4-3-7-9(10)5-1;10-6-3-5(20(17,18)19)1-2-7(6)13-16-14-8(11)4-9(12)15-16/h1-8H;1-4,13-14H,(H,17,18,19). The summed E-state index contributed by atoms with van der Waals surface area (Å²) in [5.74, 6) is -2.07. The van der Waals surface area contributed by atoms with E-state index in [1.165, 1.54) is 16.8 Å². The van der Waals surface area contributed by atoms with Crippen molar-refractivity contribution in [2.75, 3.05) is 5.43 Å². The Hall–Kier alpha value is -3.21. The molecule has 0 saturated heterocycles. The van der Waals surface area contributed by atoms with Gasteiger partial charge in [0.25, 0.3) is 10.1 Å². The quantitative estimate of drug-likeness (QED) is 0.395. The van der Waals surface area contributed by atoms with Crippen molar-refractivity contribution in [3.8, 4) is 0 Å². The van der Waals surface area contributed by atoms with Gasteiger partial charge in [-0.2, -0.15) is 17.2 Å². The van der Waals surface area contributed by atoms with Gasteiger partial charge in [-0.25, -0.2) is 5.43 Å². The molecular weight excluding hydrogens is 438 g/mol. The lowest BCUT2D eigenvalue weighted by molar-refractivity contribution is 0.233. The van der Waals surface area contributed by atoms with Crippen LogP contribution in [-0.4, -0.2) is 24.2 Å². The fourth-order valence-corrected chi connectivity index (χ4v) is 3.23. The number of allylic oxidation sites excluding steroid dienone is 1. The zero-order valence-corrected chi connectivity index (χ0v) is 16.7. The first-order chi connectivity index (χ1) is 14.2. The van der Waals surface area contributed by atoms with Crippen LogP contribution >= 0.6 is 11.6 Å². The summed E-state index contributed by atoms with van der Waals surface area (Å²) in [6.45, 7) is 0. The van der Waals surface area contributed by atoms with E-state index in [-0.39, 0.29) is 10.7 Å². The molecular formula is C19H15ClF2N4O3S. The Kier molecular flexibility index (Phi) is 6.50. The van der Waals surface area contributed by atoms with Crippen LogP contribution in [0.15, 0.2) is 88.8 Å². The van der Waals surface area contributed by atoms with Crippen molar-refractivity contribution in [1.29, 1.82) is 0 Å². The van der Waals surface area contributed by atoms with Gasteiger partial charge in [0.15, 0.2) is 0 Å². The number of halogens is 3. The SMILES string of the molecule is O=S(=O)(O)c1ccc(NN2N=C(F)C=C(F)N2)c(Cl)c1.c1ccc2ccccc2c1. The van der Waals surface area contributed by atoms with Crippen LogP contribution in [0, 0.1) is 0 Å². The van der Waals surface area contributed by atoms with Gasteiger partial charge in [0, 0.05) is 6.08 Å². The van der Waals surface area contributed by atoms with Crippen molar-refractivity contribution in [3.63, 3.8) is 0 Å². The van der Waals surface area contributed by atoms with Gasteiger partial charge in [-0.3, -0.25) is 9.98 Å². The lowest BCUT2D eigenvalue weighted by Gasteiger charge is -2.23. The van der Waals surface area contributed by atoms with E-state index in [0.717, 1.165) is 12.1 Å². The Morgan fingerprint density at radius 1 is 1.00 bits per heavy atom. The maximum atomic E-state index is 12.9. The molecule has 4 rings (SSSR count). The molecule has 156 valence electrons. The molecule has 7 nitrogen and oxygen atoms in total. The fraction of sp³-hybridized carbons (Fsp3) is 0. The molecule has 30 heavy (non-hydrogen) atoms. The lowest BCUT2D eigenvalue weighted by atomic mass is 10.1. The van der Waals surface area contributed by atoms with E-state index >= 15 is 0 Å².